The molecule has 0 atom stereocenters. The van der Waals surface area contributed by atoms with Crippen molar-refractivity contribution in [1.29, 1.82) is 0 Å². The second-order valence-electron chi connectivity index (χ2n) is 5.81. The number of hydrogen-bond donors (Lipinski definition) is 2. The number of nitrogens with zero attached hydrogens (tertiary/aromatic N) is 3. The van der Waals surface area contributed by atoms with E-state index in [4.69, 9.17) is 0 Å². The number of likely N-dealkylation sites (N-methyl/N-ethyl adjacent to an activating group) is 1. The molecule has 1 aromatic carbocycles. The molecule has 24 heavy (non-hydrogen) atoms. The topological polar surface area (TPSA) is 68.7 Å². The number of piperazine rings is 1. The summed E-state index contributed by atoms with van der Waals surface area (Å²) in [5.74, 6) is 0.479. The minimum absolute atomic E-state index is 0.0577. The summed E-state index contributed by atoms with van der Waals surface area (Å²) in [4.78, 5) is 21.2. The second-order valence-corrected chi connectivity index (χ2v) is 6.73. The van der Waals surface area contributed by atoms with Crippen LogP contribution in [0.5, 0.6) is 5.75 Å². The second kappa shape index (κ2) is 7.19. The minimum atomic E-state index is -0.372. The molecule has 126 valence electrons. The maximum absolute atomic E-state index is 12.3. The lowest BCUT2D eigenvalue weighted by atomic mass is 10.2. The van der Waals surface area contributed by atoms with E-state index in [0.29, 0.717) is 5.69 Å². The maximum Gasteiger partial charge on any atom is 0.259 e. The van der Waals surface area contributed by atoms with Crippen molar-refractivity contribution in [2.75, 3.05) is 43.4 Å². The van der Waals surface area contributed by atoms with Gasteiger partial charge in [0.2, 0.25) is 0 Å². The molecule has 0 saturated carbocycles. The van der Waals surface area contributed by atoms with Crippen LogP contribution in [0.15, 0.2) is 41.0 Å². The number of anilines is 2. The summed E-state index contributed by atoms with van der Waals surface area (Å²) in [6, 6.07) is 8.47. The predicted octanol–water partition coefficient (Wildman–Crippen LogP) is 2.55. The van der Waals surface area contributed by atoms with Crippen molar-refractivity contribution in [2.45, 2.75) is 0 Å². The van der Waals surface area contributed by atoms with Gasteiger partial charge in [0, 0.05) is 30.7 Å². The fraction of sp³-hybridized carbons (Fsp3) is 0.294. The first-order valence-corrected chi connectivity index (χ1v) is 8.51. The van der Waals surface area contributed by atoms with E-state index in [0.717, 1.165) is 36.5 Å². The van der Waals surface area contributed by atoms with E-state index in [1.54, 1.807) is 18.3 Å². The highest BCUT2D eigenvalue weighted by Crippen LogP contribution is 2.23. The Morgan fingerprint density at radius 3 is 2.62 bits per heavy atom. The molecule has 1 aliphatic rings. The third kappa shape index (κ3) is 3.85. The highest BCUT2D eigenvalue weighted by molar-refractivity contribution is 9.10. The molecule has 0 aliphatic carbocycles. The number of nitrogens with one attached hydrogen (secondary N) is 1. The number of hydrogen-bond acceptors (Lipinski definition) is 5. The van der Waals surface area contributed by atoms with Crippen LogP contribution >= 0.6 is 15.9 Å². The number of pyridine rings is 1. The Morgan fingerprint density at radius 2 is 1.96 bits per heavy atom. The molecule has 7 heteroatoms. The van der Waals surface area contributed by atoms with E-state index in [-0.39, 0.29) is 17.2 Å². The molecule has 1 aromatic heterocycles. The molecule has 0 radical (unpaired) electrons. The molecule has 0 bridgehead atoms. The number of aromatic hydroxyl groups is 1. The van der Waals surface area contributed by atoms with Crippen molar-refractivity contribution >= 4 is 33.3 Å². The van der Waals surface area contributed by atoms with Crippen LogP contribution in [0.2, 0.25) is 0 Å². The first-order valence-electron chi connectivity index (χ1n) is 7.72. The zero-order chi connectivity index (χ0) is 17.1. The first-order chi connectivity index (χ1) is 11.5. The number of carbonyl (C=O) groups excluding carboxylic acids is 1. The van der Waals surface area contributed by atoms with Gasteiger partial charge < -0.3 is 20.2 Å². The number of phenols is 1. The summed E-state index contributed by atoms with van der Waals surface area (Å²) in [6.45, 7) is 3.92. The van der Waals surface area contributed by atoms with Crippen molar-refractivity contribution in [3.8, 4) is 5.75 Å². The van der Waals surface area contributed by atoms with Gasteiger partial charge in [-0.3, -0.25) is 4.79 Å². The van der Waals surface area contributed by atoms with Crippen LogP contribution < -0.4 is 10.2 Å². The number of carbonyl (C=O) groups is 1. The zero-order valence-corrected chi connectivity index (χ0v) is 15.0. The Morgan fingerprint density at radius 1 is 1.21 bits per heavy atom. The zero-order valence-electron chi connectivity index (χ0n) is 13.4. The van der Waals surface area contributed by atoms with Crippen LogP contribution in [-0.2, 0) is 0 Å². The van der Waals surface area contributed by atoms with E-state index >= 15 is 0 Å². The summed E-state index contributed by atoms with van der Waals surface area (Å²) >= 11 is 3.30. The average Bonchev–Trinajstić information content (AvgIpc) is 2.58. The molecular formula is C17H19BrN4O2. The van der Waals surface area contributed by atoms with E-state index in [1.165, 1.54) is 6.07 Å². The number of benzene rings is 1. The van der Waals surface area contributed by atoms with Gasteiger partial charge in [0.25, 0.3) is 5.91 Å². The van der Waals surface area contributed by atoms with Crippen molar-refractivity contribution in [1.82, 2.24) is 9.88 Å². The summed E-state index contributed by atoms with van der Waals surface area (Å²) in [6.07, 6.45) is 1.64. The molecule has 0 unspecified atom stereocenters. The lowest BCUT2D eigenvalue weighted by Gasteiger charge is -2.33. The molecule has 0 spiro atoms. The maximum atomic E-state index is 12.3. The highest BCUT2D eigenvalue weighted by Gasteiger charge is 2.16. The van der Waals surface area contributed by atoms with Gasteiger partial charge in [0.15, 0.2) is 0 Å². The number of aromatic nitrogens is 1. The van der Waals surface area contributed by atoms with Gasteiger partial charge in [-0.05, 0) is 37.4 Å². The van der Waals surface area contributed by atoms with E-state index in [9.17, 15) is 9.90 Å². The molecule has 2 aromatic rings. The molecule has 1 fully saturated rings. The number of phenolic OH excluding ortho intramolecular Hbond substituents is 1. The van der Waals surface area contributed by atoms with Crippen LogP contribution in [0.4, 0.5) is 11.5 Å². The van der Waals surface area contributed by atoms with Gasteiger partial charge in [0.05, 0.1) is 17.4 Å². The number of halogens is 1. The Bertz CT molecular complexity index is 728. The van der Waals surface area contributed by atoms with Crippen molar-refractivity contribution in [3.63, 3.8) is 0 Å². The molecule has 6 nitrogen and oxygen atoms in total. The number of amides is 1. The quantitative estimate of drug-likeness (QED) is 0.842. The summed E-state index contributed by atoms with van der Waals surface area (Å²) in [7, 11) is 2.11. The van der Waals surface area contributed by atoms with Crippen LogP contribution in [0, 0.1) is 0 Å². The van der Waals surface area contributed by atoms with Crippen LogP contribution in [0.1, 0.15) is 10.4 Å². The molecule has 3 rings (SSSR count). The Kier molecular flexibility index (Phi) is 5.01. The standard InChI is InChI=1S/C17H19BrN4O2/c1-21-6-8-22(9-7-21)16-5-3-13(11-19-16)20-17(24)14-10-12(18)2-4-15(14)23/h2-5,10-11,23H,6-9H2,1H3,(H,20,24). The predicted molar refractivity (Wildman–Crippen MR) is 97.7 cm³/mol. The van der Waals surface area contributed by atoms with Crippen molar-refractivity contribution in [3.05, 3.63) is 46.6 Å². The fourth-order valence-corrected chi connectivity index (χ4v) is 2.93. The lowest BCUT2D eigenvalue weighted by molar-refractivity contribution is 0.102. The van der Waals surface area contributed by atoms with Crippen molar-refractivity contribution in [2.24, 2.45) is 0 Å². The number of rotatable bonds is 3. The summed E-state index contributed by atoms with van der Waals surface area (Å²) < 4.78 is 0.731. The molecule has 1 amide bonds. The Balaban J connectivity index is 1.68. The Labute approximate surface area is 149 Å². The van der Waals surface area contributed by atoms with Gasteiger partial charge >= 0.3 is 0 Å². The molecule has 1 saturated heterocycles. The van der Waals surface area contributed by atoms with Crippen LogP contribution in [-0.4, -0.2) is 54.1 Å². The van der Waals surface area contributed by atoms with Gasteiger partial charge in [0.1, 0.15) is 11.6 Å². The minimum Gasteiger partial charge on any atom is -0.507 e. The molecule has 1 aliphatic heterocycles. The van der Waals surface area contributed by atoms with Gasteiger partial charge in [-0.1, -0.05) is 15.9 Å². The third-order valence-corrected chi connectivity index (χ3v) is 4.53. The summed E-state index contributed by atoms with van der Waals surface area (Å²) in [5, 5.41) is 12.6. The van der Waals surface area contributed by atoms with Gasteiger partial charge in [-0.15, -0.1) is 0 Å². The molecular weight excluding hydrogens is 372 g/mol. The van der Waals surface area contributed by atoms with Crippen LogP contribution in [0.3, 0.4) is 0 Å². The third-order valence-electron chi connectivity index (χ3n) is 4.04. The molecule has 2 N–H and O–H groups in total. The van der Waals surface area contributed by atoms with Crippen molar-refractivity contribution < 1.29 is 9.90 Å². The smallest absolute Gasteiger partial charge is 0.259 e. The monoisotopic (exact) mass is 390 g/mol. The van der Waals surface area contributed by atoms with Crippen LogP contribution in [0.25, 0.3) is 0 Å². The highest BCUT2D eigenvalue weighted by atomic mass is 79.9. The first kappa shape index (κ1) is 16.7. The largest absolute Gasteiger partial charge is 0.507 e. The Hall–Kier alpha value is -2.12. The van der Waals surface area contributed by atoms with E-state index in [1.807, 2.05) is 12.1 Å². The fourth-order valence-electron chi connectivity index (χ4n) is 2.57. The van der Waals surface area contributed by atoms with Gasteiger partial charge in [-0.2, -0.15) is 0 Å². The summed E-state index contributed by atoms with van der Waals surface area (Å²) in [5.41, 5.74) is 0.810. The SMILES string of the molecule is CN1CCN(c2ccc(NC(=O)c3cc(Br)ccc3O)cn2)CC1. The van der Waals surface area contributed by atoms with E-state index in [2.05, 4.69) is 43.1 Å². The van der Waals surface area contributed by atoms with Gasteiger partial charge in [-0.25, -0.2) is 4.98 Å². The normalized spacial score (nSPS) is 15.3. The van der Waals surface area contributed by atoms with E-state index < -0.39 is 0 Å². The average molecular weight is 391 g/mol. The molecule has 2 heterocycles. The lowest BCUT2D eigenvalue weighted by Crippen LogP contribution is -2.44.